The first-order valence-electron chi connectivity index (χ1n) is 4.77. The van der Waals surface area contributed by atoms with Gasteiger partial charge in [0, 0.05) is 31.9 Å². The third-order valence-electron chi connectivity index (χ3n) is 1.97. The van der Waals surface area contributed by atoms with Crippen molar-refractivity contribution in [2.24, 2.45) is 0 Å². The van der Waals surface area contributed by atoms with Crippen molar-refractivity contribution in [1.29, 1.82) is 0 Å². The normalized spacial score (nSPS) is 10.4. The zero-order chi connectivity index (χ0) is 10.3. The van der Waals surface area contributed by atoms with Crippen LogP contribution in [0.3, 0.4) is 0 Å². The third-order valence-corrected chi connectivity index (χ3v) is 1.97. The number of hydrogen-bond acceptors (Lipinski definition) is 5. The quantitative estimate of drug-likeness (QED) is 0.666. The monoisotopic (exact) mass is 204 g/mol. The van der Waals surface area contributed by atoms with E-state index in [9.17, 15) is 0 Å². The molecule has 0 radical (unpaired) electrons. The zero-order valence-corrected chi connectivity index (χ0v) is 8.22. The van der Waals surface area contributed by atoms with Crippen molar-refractivity contribution in [3.63, 3.8) is 0 Å². The van der Waals surface area contributed by atoms with Crippen LogP contribution in [0, 0.1) is 0 Å². The average Bonchev–Trinajstić information content (AvgIpc) is 2.79. The van der Waals surface area contributed by atoms with Gasteiger partial charge in [0.1, 0.15) is 0 Å². The Morgan fingerprint density at radius 2 is 2.40 bits per heavy atom. The second-order valence-corrected chi connectivity index (χ2v) is 3.12. The Balaban J connectivity index is 1.68. The Bertz CT molecular complexity index is 371. The minimum atomic E-state index is 0.730. The summed E-state index contributed by atoms with van der Waals surface area (Å²) in [6, 6.07) is 3.96. The molecule has 0 fully saturated rings. The van der Waals surface area contributed by atoms with Crippen molar-refractivity contribution in [2.45, 2.75) is 13.0 Å². The Kier molecular flexibility index (Phi) is 3.34. The van der Waals surface area contributed by atoms with Gasteiger partial charge in [-0.15, -0.1) is 10.2 Å². The van der Waals surface area contributed by atoms with Crippen LogP contribution < -0.4 is 5.32 Å². The summed E-state index contributed by atoms with van der Waals surface area (Å²) in [6.45, 7) is 1.64. The fourth-order valence-electron chi connectivity index (χ4n) is 1.22. The molecule has 6 heteroatoms. The molecular weight excluding hydrogens is 192 g/mol. The zero-order valence-electron chi connectivity index (χ0n) is 8.22. The lowest BCUT2D eigenvalue weighted by Gasteiger charge is -2.01. The first-order valence-corrected chi connectivity index (χ1v) is 4.77. The Hall–Kier alpha value is -1.82. The molecule has 15 heavy (non-hydrogen) atoms. The predicted octanol–water partition coefficient (Wildman–Crippen LogP) is -0.0730. The number of tetrazole rings is 1. The van der Waals surface area contributed by atoms with Gasteiger partial charge in [0.05, 0.1) is 0 Å². The molecule has 0 unspecified atom stereocenters. The summed E-state index contributed by atoms with van der Waals surface area (Å²) in [6.07, 6.45) is 4.39. The molecule has 6 nitrogen and oxygen atoms in total. The molecule has 0 aliphatic rings. The second-order valence-electron chi connectivity index (χ2n) is 3.12. The highest BCUT2D eigenvalue weighted by Crippen LogP contribution is 1.94. The summed E-state index contributed by atoms with van der Waals surface area (Å²) in [5.41, 5.74) is 1.17. The highest BCUT2D eigenvalue weighted by Gasteiger charge is 1.97. The van der Waals surface area contributed by atoms with E-state index in [1.165, 1.54) is 5.56 Å². The van der Waals surface area contributed by atoms with E-state index in [1.54, 1.807) is 6.20 Å². The second kappa shape index (κ2) is 5.16. The smallest absolute Gasteiger partial charge is 0.175 e. The summed E-state index contributed by atoms with van der Waals surface area (Å²) >= 11 is 0. The topological polar surface area (TPSA) is 79.4 Å². The number of hydrogen-bond donors (Lipinski definition) is 2. The Labute approximate surface area is 87.1 Å². The molecule has 0 atom stereocenters. The molecule has 0 amide bonds. The largest absolute Gasteiger partial charge is 0.312 e. The average molecular weight is 204 g/mol. The summed E-state index contributed by atoms with van der Waals surface area (Å²) in [5.74, 6) is 0.730. The van der Waals surface area contributed by atoms with E-state index in [1.807, 2.05) is 18.3 Å². The highest BCUT2D eigenvalue weighted by molar-refractivity contribution is 5.07. The summed E-state index contributed by atoms with van der Waals surface area (Å²) in [4.78, 5) is 4.03. The van der Waals surface area contributed by atoms with Crippen molar-refractivity contribution < 1.29 is 0 Å². The maximum absolute atomic E-state index is 4.03. The SMILES string of the molecule is c1cncc(CNCCc2nn[nH]n2)c1. The summed E-state index contributed by atoms with van der Waals surface area (Å²) < 4.78 is 0. The number of rotatable bonds is 5. The van der Waals surface area contributed by atoms with Crippen molar-refractivity contribution >= 4 is 0 Å². The Morgan fingerprint density at radius 3 is 3.13 bits per heavy atom. The maximum Gasteiger partial charge on any atom is 0.175 e. The molecule has 2 aromatic rings. The molecular formula is C9H12N6. The van der Waals surface area contributed by atoms with Gasteiger partial charge in [0.15, 0.2) is 5.82 Å². The lowest BCUT2D eigenvalue weighted by molar-refractivity contribution is 0.669. The van der Waals surface area contributed by atoms with Crippen LogP contribution >= 0.6 is 0 Å². The van der Waals surface area contributed by atoms with Gasteiger partial charge in [-0.3, -0.25) is 4.98 Å². The highest BCUT2D eigenvalue weighted by atomic mass is 15.5. The minimum absolute atomic E-state index is 0.730. The van der Waals surface area contributed by atoms with Crippen molar-refractivity contribution in [3.05, 3.63) is 35.9 Å². The lowest BCUT2D eigenvalue weighted by atomic mass is 10.3. The van der Waals surface area contributed by atoms with Crippen LogP contribution in [0.15, 0.2) is 24.5 Å². The van der Waals surface area contributed by atoms with Crippen molar-refractivity contribution in [2.75, 3.05) is 6.54 Å². The van der Waals surface area contributed by atoms with Gasteiger partial charge in [0.2, 0.25) is 0 Å². The first-order chi connectivity index (χ1) is 7.45. The summed E-state index contributed by atoms with van der Waals surface area (Å²) in [7, 11) is 0. The molecule has 78 valence electrons. The van der Waals surface area contributed by atoms with E-state index < -0.39 is 0 Å². The number of H-pyrrole nitrogens is 1. The predicted molar refractivity (Wildman–Crippen MR) is 53.8 cm³/mol. The van der Waals surface area contributed by atoms with Gasteiger partial charge in [-0.25, -0.2) is 0 Å². The van der Waals surface area contributed by atoms with Gasteiger partial charge < -0.3 is 5.32 Å². The van der Waals surface area contributed by atoms with Crippen LogP contribution in [-0.4, -0.2) is 32.2 Å². The van der Waals surface area contributed by atoms with Gasteiger partial charge in [0.25, 0.3) is 0 Å². The molecule has 0 bridgehead atoms. The molecule has 2 heterocycles. The third kappa shape index (κ3) is 3.10. The van der Waals surface area contributed by atoms with Crippen molar-refractivity contribution in [1.82, 2.24) is 30.9 Å². The van der Waals surface area contributed by atoms with E-state index in [0.29, 0.717) is 0 Å². The van der Waals surface area contributed by atoms with Crippen molar-refractivity contribution in [3.8, 4) is 0 Å². The fraction of sp³-hybridized carbons (Fsp3) is 0.333. The van der Waals surface area contributed by atoms with Crippen LogP contribution in [-0.2, 0) is 13.0 Å². The van der Waals surface area contributed by atoms with Crippen LogP contribution in [0.25, 0.3) is 0 Å². The van der Waals surface area contributed by atoms with E-state index in [-0.39, 0.29) is 0 Å². The van der Waals surface area contributed by atoms with E-state index >= 15 is 0 Å². The van der Waals surface area contributed by atoms with E-state index in [0.717, 1.165) is 25.3 Å². The van der Waals surface area contributed by atoms with E-state index in [4.69, 9.17) is 0 Å². The standard InChI is InChI=1S/C9H12N6/c1-2-8(6-10-4-1)7-11-5-3-9-12-14-15-13-9/h1-2,4,6,11H,3,5,7H2,(H,12,13,14,15). The van der Waals surface area contributed by atoms with Gasteiger partial charge in [-0.2, -0.15) is 5.21 Å². The van der Waals surface area contributed by atoms with Gasteiger partial charge in [-0.1, -0.05) is 11.3 Å². The Morgan fingerprint density at radius 1 is 1.40 bits per heavy atom. The molecule has 2 aromatic heterocycles. The molecule has 0 aromatic carbocycles. The molecule has 0 saturated carbocycles. The van der Waals surface area contributed by atoms with Crippen LogP contribution in [0.4, 0.5) is 0 Å². The van der Waals surface area contributed by atoms with Gasteiger partial charge in [-0.05, 0) is 11.6 Å². The van der Waals surface area contributed by atoms with Gasteiger partial charge >= 0.3 is 0 Å². The molecule has 2 N–H and O–H groups in total. The number of aromatic amines is 1. The van der Waals surface area contributed by atoms with Crippen LogP contribution in [0.2, 0.25) is 0 Å². The molecule has 0 aliphatic carbocycles. The molecule has 0 aliphatic heterocycles. The van der Waals surface area contributed by atoms with E-state index in [2.05, 4.69) is 30.9 Å². The van der Waals surface area contributed by atoms with Crippen LogP contribution in [0.5, 0.6) is 0 Å². The lowest BCUT2D eigenvalue weighted by Crippen LogP contribution is -2.17. The fourth-order valence-corrected chi connectivity index (χ4v) is 1.22. The first kappa shape index (κ1) is 9.72. The van der Waals surface area contributed by atoms with Crippen LogP contribution in [0.1, 0.15) is 11.4 Å². The molecule has 0 saturated heterocycles. The number of nitrogens with one attached hydrogen (secondary N) is 2. The summed E-state index contributed by atoms with van der Waals surface area (Å²) in [5, 5.41) is 16.9. The molecule has 2 rings (SSSR count). The molecule has 0 spiro atoms. The number of aromatic nitrogens is 5. The number of pyridine rings is 1. The maximum atomic E-state index is 4.03. The number of nitrogens with zero attached hydrogens (tertiary/aromatic N) is 4. The minimum Gasteiger partial charge on any atom is -0.312 e.